The Morgan fingerprint density at radius 2 is 1.56 bits per heavy atom. The molecule has 286 valence electrons. The van der Waals surface area contributed by atoms with Crippen molar-refractivity contribution in [1.82, 2.24) is 35.9 Å². The summed E-state index contributed by atoms with van der Waals surface area (Å²) in [6, 6.07) is 18.5. The van der Waals surface area contributed by atoms with Crippen LogP contribution in [0.2, 0.25) is 0 Å². The smallest absolute Gasteiger partial charge is 0.328 e. The number of amides is 2. The lowest BCUT2D eigenvalue weighted by Gasteiger charge is -2.32. The summed E-state index contributed by atoms with van der Waals surface area (Å²) in [6.07, 6.45) is 4.72. The van der Waals surface area contributed by atoms with E-state index in [1.807, 2.05) is 58.2 Å². The van der Waals surface area contributed by atoms with Gasteiger partial charge in [0.05, 0.1) is 52.4 Å². The second kappa shape index (κ2) is 15.3. The number of nitrogens with zero attached hydrogens (tertiary/aromatic N) is 6. The highest BCUT2D eigenvalue weighted by molar-refractivity contribution is 7.80. The molecule has 5 aromatic rings. The Bertz CT molecular complexity index is 2320. The molecule has 2 aliphatic rings. The zero-order chi connectivity index (χ0) is 39.0. The van der Waals surface area contributed by atoms with Crippen molar-refractivity contribution in [1.29, 1.82) is 0 Å². The molecule has 2 fully saturated rings. The Hall–Kier alpha value is -5.60. The van der Waals surface area contributed by atoms with Gasteiger partial charge in [-0.1, -0.05) is 50.1 Å². The van der Waals surface area contributed by atoms with Crippen molar-refractivity contribution >= 4 is 68.5 Å². The summed E-state index contributed by atoms with van der Waals surface area (Å²) < 4.78 is 0. The maximum absolute atomic E-state index is 14.0. The number of rotatable bonds is 12. The van der Waals surface area contributed by atoms with Crippen LogP contribution in [0, 0.1) is 6.92 Å². The molecule has 2 amide bonds. The van der Waals surface area contributed by atoms with E-state index >= 15 is 0 Å². The second-order valence-electron chi connectivity index (χ2n) is 14.7. The van der Waals surface area contributed by atoms with Gasteiger partial charge >= 0.3 is 6.03 Å². The highest BCUT2D eigenvalue weighted by Gasteiger charge is 2.44. The highest BCUT2D eigenvalue weighted by atomic mass is 32.1. The number of urea groups is 1. The standard InChI is InChI=1S/C41H49N11O2S/c1-8-10-33(53)28(9-2)47-37-36(51(39(54)48-37)26-15-17-29-31(19-26)45-21-43-29)34(42-7)24(4)41(5,6)50-38-35(25-13-11-23(3)12-14-25)52(40(55)49-38)27-16-18-30-32(20-27)46-22-44-30/h11-22,28,33,35-36,42,53H,8-10H2,1-7H3,(H,43,45)(H,44,46)(H,47,48,54)(H,49,50,55)/b34-24-. The summed E-state index contributed by atoms with van der Waals surface area (Å²) in [5.41, 5.74) is 7.97. The Morgan fingerprint density at radius 3 is 2.15 bits per heavy atom. The number of aryl methyl sites for hydroxylation is 1. The van der Waals surface area contributed by atoms with Crippen LogP contribution in [0.5, 0.6) is 0 Å². The van der Waals surface area contributed by atoms with Gasteiger partial charge in [-0.2, -0.15) is 0 Å². The fourth-order valence-corrected chi connectivity index (χ4v) is 7.82. The molecular formula is C41H49N11O2S. The Morgan fingerprint density at radius 1 is 0.945 bits per heavy atom. The van der Waals surface area contributed by atoms with Crippen molar-refractivity contribution in [2.45, 2.75) is 90.6 Å². The number of carbonyl (C=O) groups excluding carboxylic acids is 1. The molecular weight excluding hydrogens is 711 g/mol. The van der Waals surface area contributed by atoms with Crippen LogP contribution in [0.1, 0.15) is 71.0 Å². The molecule has 0 aliphatic carbocycles. The SMILES string of the molecule is CCCC(O)C(CC)N=C1NC(=O)N(c2ccc3nc[nH]c3c2)C1/C(NC)=C(\C)C(C)(C)N=C1NC(=S)N(c2ccc3nc[nH]c3c2)C1c1ccc(C)cc1. The third-order valence-corrected chi connectivity index (χ3v) is 11.0. The Kier molecular flexibility index (Phi) is 10.5. The molecule has 6 N–H and O–H groups in total. The van der Waals surface area contributed by atoms with E-state index < -0.39 is 23.7 Å². The van der Waals surface area contributed by atoms with E-state index in [1.54, 1.807) is 17.6 Å². The van der Waals surface area contributed by atoms with Crippen molar-refractivity contribution in [3.8, 4) is 0 Å². The maximum atomic E-state index is 14.0. The van der Waals surface area contributed by atoms with Crippen molar-refractivity contribution in [3.05, 3.63) is 95.7 Å². The van der Waals surface area contributed by atoms with Crippen molar-refractivity contribution in [2.75, 3.05) is 16.8 Å². The predicted octanol–water partition coefficient (Wildman–Crippen LogP) is 6.79. The van der Waals surface area contributed by atoms with Gasteiger partial charge in [-0.05, 0) is 100 Å². The number of fused-ring (bicyclic) bond motifs is 2. The number of nitrogens with one attached hydrogen (secondary N) is 5. The number of amidine groups is 2. The molecule has 13 nitrogen and oxygen atoms in total. The van der Waals surface area contributed by atoms with Crippen molar-refractivity contribution in [3.63, 3.8) is 0 Å². The Labute approximate surface area is 326 Å². The molecule has 4 atom stereocenters. The minimum Gasteiger partial charge on any atom is -0.391 e. The van der Waals surface area contributed by atoms with E-state index in [-0.39, 0.29) is 12.1 Å². The van der Waals surface area contributed by atoms with Gasteiger partial charge in [0, 0.05) is 24.1 Å². The summed E-state index contributed by atoms with van der Waals surface area (Å²) >= 11 is 6.03. The quantitative estimate of drug-likeness (QED) is 0.0759. The van der Waals surface area contributed by atoms with Gasteiger partial charge in [-0.25, -0.2) is 14.8 Å². The van der Waals surface area contributed by atoms with Crippen LogP contribution in [-0.4, -0.2) is 78.6 Å². The number of hydrogen-bond donors (Lipinski definition) is 6. The number of carbonyl (C=O) groups is 1. The van der Waals surface area contributed by atoms with Gasteiger partial charge in [0.2, 0.25) is 0 Å². The molecule has 4 unspecified atom stereocenters. The molecule has 2 aliphatic heterocycles. The molecule has 3 aromatic carbocycles. The molecule has 4 heterocycles. The minimum atomic E-state index is -0.815. The second-order valence-corrected chi connectivity index (χ2v) is 15.1. The molecule has 0 saturated carbocycles. The number of aliphatic imine (C=N–C) groups is 2. The third-order valence-electron chi connectivity index (χ3n) is 10.7. The van der Waals surface area contributed by atoms with Crippen LogP contribution < -0.4 is 25.8 Å². The van der Waals surface area contributed by atoms with Gasteiger partial charge in [-0.15, -0.1) is 0 Å². The molecule has 0 spiro atoms. The average Bonchev–Trinajstić information content (AvgIpc) is 3.96. The summed E-state index contributed by atoms with van der Waals surface area (Å²) in [7, 11) is 1.85. The Balaban J connectivity index is 1.35. The number of aromatic amines is 2. The van der Waals surface area contributed by atoms with E-state index in [0.29, 0.717) is 35.3 Å². The first kappa shape index (κ1) is 37.7. The first-order valence-corrected chi connectivity index (χ1v) is 19.2. The van der Waals surface area contributed by atoms with E-state index in [0.717, 1.165) is 56.6 Å². The third kappa shape index (κ3) is 7.19. The van der Waals surface area contributed by atoms with Crippen LogP contribution in [0.4, 0.5) is 16.2 Å². The lowest BCUT2D eigenvalue weighted by molar-refractivity contribution is 0.133. The minimum absolute atomic E-state index is 0.320. The number of aromatic nitrogens is 4. The molecule has 55 heavy (non-hydrogen) atoms. The summed E-state index contributed by atoms with van der Waals surface area (Å²) in [5, 5.41) is 21.6. The van der Waals surface area contributed by atoms with Crippen LogP contribution >= 0.6 is 12.2 Å². The van der Waals surface area contributed by atoms with Crippen molar-refractivity contribution in [2.24, 2.45) is 9.98 Å². The highest BCUT2D eigenvalue weighted by Crippen LogP contribution is 2.37. The number of thiocarbonyl (C=S) groups is 1. The lowest BCUT2D eigenvalue weighted by Crippen LogP contribution is -2.43. The first-order valence-electron chi connectivity index (χ1n) is 18.8. The number of imidazole rings is 2. The first-order chi connectivity index (χ1) is 26.4. The van der Waals surface area contributed by atoms with Gasteiger partial charge in [0.1, 0.15) is 23.8 Å². The fourth-order valence-electron chi connectivity index (χ4n) is 7.51. The van der Waals surface area contributed by atoms with E-state index in [1.165, 1.54) is 0 Å². The summed E-state index contributed by atoms with van der Waals surface area (Å²) in [4.78, 5) is 43.5. The van der Waals surface area contributed by atoms with Crippen LogP contribution in [-0.2, 0) is 0 Å². The van der Waals surface area contributed by atoms with Crippen LogP contribution in [0.15, 0.2) is 94.6 Å². The lowest BCUT2D eigenvalue weighted by atomic mass is 9.90. The monoisotopic (exact) mass is 759 g/mol. The van der Waals surface area contributed by atoms with Gasteiger partial charge < -0.3 is 30.6 Å². The summed E-state index contributed by atoms with van der Waals surface area (Å²) in [5.74, 6) is 1.16. The predicted molar refractivity (Wildman–Crippen MR) is 225 cm³/mol. The van der Waals surface area contributed by atoms with Crippen LogP contribution in [0.25, 0.3) is 22.1 Å². The van der Waals surface area contributed by atoms with Gasteiger partial charge in [0.25, 0.3) is 0 Å². The normalized spacial score (nSPS) is 20.7. The molecule has 7 rings (SSSR count). The zero-order valence-corrected chi connectivity index (χ0v) is 33.1. The van der Waals surface area contributed by atoms with Gasteiger partial charge in [0.15, 0.2) is 5.11 Å². The molecule has 0 bridgehead atoms. The number of aliphatic hydroxyl groups excluding tert-OH is 1. The number of H-pyrrole nitrogens is 2. The number of hydrogen-bond acceptors (Lipinski definition) is 8. The molecule has 2 saturated heterocycles. The topological polar surface area (TPSA) is 162 Å². The number of aliphatic hydroxyl groups is 1. The number of benzene rings is 3. The molecule has 2 aromatic heterocycles. The van der Waals surface area contributed by atoms with E-state index in [4.69, 9.17) is 22.2 Å². The number of likely N-dealkylation sites (N-methyl/N-ethyl adjacent to an activating group) is 1. The number of anilines is 2. The maximum Gasteiger partial charge on any atom is 0.328 e. The van der Waals surface area contributed by atoms with E-state index in [2.05, 4.69) is 91.9 Å². The fraction of sp³-hybridized carbons (Fsp3) is 0.366. The van der Waals surface area contributed by atoms with Crippen molar-refractivity contribution < 1.29 is 9.90 Å². The summed E-state index contributed by atoms with van der Waals surface area (Å²) in [6.45, 7) is 12.3. The van der Waals surface area contributed by atoms with Crippen LogP contribution in [0.3, 0.4) is 0 Å². The average molecular weight is 760 g/mol. The van der Waals surface area contributed by atoms with Gasteiger partial charge in [-0.3, -0.25) is 20.2 Å². The van der Waals surface area contributed by atoms with E-state index in [9.17, 15) is 9.90 Å². The molecule has 14 heteroatoms. The molecule has 0 radical (unpaired) electrons. The largest absolute Gasteiger partial charge is 0.391 e. The zero-order valence-electron chi connectivity index (χ0n) is 32.3.